The molecule has 0 fully saturated rings. The number of aromatic nitrogens is 1. The monoisotopic (exact) mass is 752 g/mol. The summed E-state index contributed by atoms with van der Waals surface area (Å²) >= 11 is 1.85. The van der Waals surface area contributed by atoms with Crippen LogP contribution in [0.15, 0.2) is 185 Å². The highest BCUT2D eigenvalue weighted by atomic mass is 32.1. The van der Waals surface area contributed by atoms with E-state index in [0.29, 0.717) is 5.92 Å². The van der Waals surface area contributed by atoms with Gasteiger partial charge in [-0.15, -0.1) is 11.3 Å². The molecule has 6 heteroatoms. The number of amidine groups is 1. The summed E-state index contributed by atoms with van der Waals surface area (Å²) < 4.78 is 11.7. The molecule has 57 heavy (non-hydrogen) atoms. The summed E-state index contributed by atoms with van der Waals surface area (Å²) in [5.74, 6) is 1.24. The number of rotatable bonds is 5. The third-order valence-electron chi connectivity index (χ3n) is 11.8. The second kappa shape index (κ2) is 12.9. The van der Waals surface area contributed by atoms with Crippen LogP contribution in [0.3, 0.4) is 0 Å². The number of benzene rings is 7. The third kappa shape index (κ3) is 5.15. The molecule has 3 unspecified atom stereocenters. The van der Waals surface area contributed by atoms with Crippen molar-refractivity contribution in [3.05, 3.63) is 187 Å². The summed E-state index contributed by atoms with van der Waals surface area (Å²) in [6.07, 6.45) is 9.69. The lowest BCUT2D eigenvalue weighted by Crippen LogP contribution is -2.54. The van der Waals surface area contributed by atoms with Gasteiger partial charge < -0.3 is 14.3 Å². The molecule has 5 nitrogen and oxygen atoms in total. The molecule has 0 bridgehead atoms. The van der Waals surface area contributed by atoms with Crippen LogP contribution in [0.5, 0.6) is 0 Å². The first-order chi connectivity index (χ1) is 28.3. The average Bonchev–Trinajstić information content (AvgIpc) is 3.96. The minimum absolute atomic E-state index is 0.0371. The summed E-state index contributed by atoms with van der Waals surface area (Å²) in [6.45, 7) is 0. The molecule has 10 aromatic rings. The average molecular weight is 753 g/mol. The number of hydrogen-bond acceptors (Lipinski definition) is 5. The maximum absolute atomic E-state index is 6.89. The Bertz CT molecular complexity index is 3260. The molecule has 0 saturated heterocycles. The summed E-state index contributed by atoms with van der Waals surface area (Å²) in [5, 5.41) is 14.8. The predicted molar refractivity (Wildman–Crippen MR) is 239 cm³/mol. The second-order valence-electron chi connectivity index (χ2n) is 15.1. The fraction of sp³-hybridized carbons (Fsp3) is 0.0784. The number of aliphatic imine (C=N–C) groups is 1. The number of nitrogens with zero attached hydrogens (tertiary/aromatic N) is 2. The number of thiophene rings is 1. The Morgan fingerprint density at radius 3 is 2.07 bits per heavy atom. The number of furan rings is 1. The van der Waals surface area contributed by atoms with Crippen LogP contribution in [-0.4, -0.2) is 16.6 Å². The first-order valence-corrected chi connectivity index (χ1v) is 20.5. The Labute approximate surface area is 332 Å². The van der Waals surface area contributed by atoms with Crippen molar-refractivity contribution in [1.82, 2.24) is 15.2 Å². The highest BCUT2D eigenvalue weighted by Gasteiger charge is 2.30. The van der Waals surface area contributed by atoms with Gasteiger partial charge in [-0.1, -0.05) is 140 Å². The van der Waals surface area contributed by atoms with E-state index in [2.05, 4.69) is 191 Å². The van der Waals surface area contributed by atoms with Gasteiger partial charge in [-0.3, -0.25) is 5.32 Å². The number of para-hydroxylation sites is 3. The zero-order valence-corrected chi connectivity index (χ0v) is 31.7. The van der Waals surface area contributed by atoms with E-state index < -0.39 is 0 Å². The van der Waals surface area contributed by atoms with Crippen molar-refractivity contribution < 1.29 is 4.42 Å². The van der Waals surface area contributed by atoms with Crippen molar-refractivity contribution in [2.75, 3.05) is 0 Å². The van der Waals surface area contributed by atoms with Crippen LogP contribution in [0, 0.1) is 5.92 Å². The molecule has 3 atom stereocenters. The van der Waals surface area contributed by atoms with E-state index in [0.717, 1.165) is 56.6 Å². The van der Waals surface area contributed by atoms with Crippen LogP contribution in [0.1, 0.15) is 23.7 Å². The predicted octanol–water partition coefficient (Wildman–Crippen LogP) is 12.8. The molecule has 2 aliphatic rings. The maximum atomic E-state index is 6.89. The zero-order chi connectivity index (χ0) is 37.5. The molecular formula is C51H36N4OS. The fourth-order valence-electron chi connectivity index (χ4n) is 9.14. The van der Waals surface area contributed by atoms with Gasteiger partial charge in [-0.25, -0.2) is 4.99 Å². The fourth-order valence-corrected chi connectivity index (χ4v) is 10.5. The van der Waals surface area contributed by atoms with E-state index in [1.165, 1.54) is 47.5 Å². The number of allylic oxidation sites excluding steroid dienone is 3. The molecule has 4 heterocycles. The molecule has 0 saturated carbocycles. The molecule has 272 valence electrons. The van der Waals surface area contributed by atoms with Gasteiger partial charge in [0.1, 0.15) is 17.6 Å². The first kappa shape index (κ1) is 32.5. The lowest BCUT2D eigenvalue weighted by Gasteiger charge is -2.36. The minimum Gasteiger partial charge on any atom is -0.454 e. The number of nitrogens with one attached hydrogen (secondary N) is 2. The van der Waals surface area contributed by atoms with E-state index in [-0.39, 0.29) is 12.3 Å². The third-order valence-corrected chi connectivity index (χ3v) is 13.1. The number of fused-ring (bicyclic) bond motifs is 9. The van der Waals surface area contributed by atoms with Crippen molar-refractivity contribution in [3.8, 4) is 16.8 Å². The normalized spacial score (nSPS) is 18.3. The Morgan fingerprint density at radius 2 is 1.30 bits per heavy atom. The van der Waals surface area contributed by atoms with Gasteiger partial charge >= 0.3 is 0 Å². The molecule has 0 amide bonds. The first-order valence-electron chi connectivity index (χ1n) is 19.6. The zero-order valence-electron chi connectivity index (χ0n) is 30.9. The van der Waals surface area contributed by atoms with Gasteiger partial charge in [0.2, 0.25) is 0 Å². The summed E-state index contributed by atoms with van der Waals surface area (Å²) in [6, 6.07) is 54.4. The lowest BCUT2D eigenvalue weighted by atomic mass is 9.95. The van der Waals surface area contributed by atoms with Gasteiger partial charge in [0.15, 0.2) is 5.58 Å². The van der Waals surface area contributed by atoms with Gasteiger partial charge in [0.25, 0.3) is 0 Å². The van der Waals surface area contributed by atoms with Crippen LogP contribution in [0.25, 0.3) is 80.7 Å². The van der Waals surface area contributed by atoms with E-state index in [9.17, 15) is 0 Å². The van der Waals surface area contributed by atoms with Gasteiger partial charge in [-0.2, -0.15) is 0 Å². The van der Waals surface area contributed by atoms with Gasteiger partial charge in [0.05, 0.1) is 22.9 Å². The van der Waals surface area contributed by atoms with Crippen LogP contribution in [0.2, 0.25) is 0 Å². The van der Waals surface area contributed by atoms with Crippen LogP contribution in [0.4, 0.5) is 0 Å². The van der Waals surface area contributed by atoms with Crippen molar-refractivity contribution >= 4 is 81.1 Å². The van der Waals surface area contributed by atoms with Crippen molar-refractivity contribution in [1.29, 1.82) is 0 Å². The van der Waals surface area contributed by atoms with Crippen molar-refractivity contribution in [2.45, 2.75) is 18.8 Å². The Balaban J connectivity index is 0.987. The van der Waals surface area contributed by atoms with E-state index >= 15 is 0 Å². The van der Waals surface area contributed by atoms with E-state index in [1.54, 1.807) is 0 Å². The second-order valence-corrected chi connectivity index (χ2v) is 16.1. The number of hydrogen-bond donors (Lipinski definition) is 2. The summed E-state index contributed by atoms with van der Waals surface area (Å²) in [5.41, 5.74) is 9.78. The smallest absolute Gasteiger partial charge is 0.159 e. The lowest BCUT2D eigenvalue weighted by molar-refractivity contribution is 0.328. The Morgan fingerprint density at radius 1 is 0.614 bits per heavy atom. The van der Waals surface area contributed by atoms with Crippen LogP contribution >= 0.6 is 11.3 Å². The summed E-state index contributed by atoms with van der Waals surface area (Å²) in [7, 11) is 0. The SMILES string of the molecule is C1=CCC(C2NC(c3cccc4c3sc3c(-c5ccc6c(c5)oc5c(-n7c8ccccc8c8ccccc87)cccc56)cccc34)=NC(c3ccccc3)N2)C=C1. The van der Waals surface area contributed by atoms with Crippen molar-refractivity contribution in [2.24, 2.45) is 10.9 Å². The Kier molecular flexibility index (Phi) is 7.37. The van der Waals surface area contributed by atoms with E-state index in [1.807, 2.05) is 11.3 Å². The van der Waals surface area contributed by atoms with Crippen molar-refractivity contribution in [3.63, 3.8) is 0 Å². The van der Waals surface area contributed by atoms with Crippen LogP contribution < -0.4 is 10.6 Å². The topological polar surface area (TPSA) is 54.5 Å². The molecular weight excluding hydrogens is 717 g/mol. The highest BCUT2D eigenvalue weighted by molar-refractivity contribution is 7.26. The molecule has 0 spiro atoms. The molecule has 7 aromatic carbocycles. The molecule has 1 aliphatic heterocycles. The molecule has 3 aromatic heterocycles. The van der Waals surface area contributed by atoms with Crippen LogP contribution in [-0.2, 0) is 0 Å². The molecule has 12 rings (SSSR count). The largest absolute Gasteiger partial charge is 0.454 e. The standard InChI is InChI=1S/C51H36N4OS/c1-3-14-31(15-4-1)49-52-50(32-16-5-2-6-17-32)54-51(53-49)41-24-12-23-40-39-22-11-20-34(47(39)57-48(40)41)33-28-29-37-38-21-13-27-44(46(38)56-45(37)30-33)55-42-25-9-7-18-35(42)36-19-8-10-26-43(36)55/h1-16,18-30,32,49-50,52H,17H2,(H,53,54). The minimum atomic E-state index is -0.155. The molecule has 0 radical (unpaired) electrons. The maximum Gasteiger partial charge on any atom is 0.159 e. The Hall–Kier alpha value is -6.73. The highest BCUT2D eigenvalue weighted by Crippen LogP contribution is 2.44. The van der Waals surface area contributed by atoms with E-state index in [4.69, 9.17) is 9.41 Å². The van der Waals surface area contributed by atoms with Gasteiger partial charge in [0, 0.05) is 53.2 Å². The molecule has 2 N–H and O–H groups in total. The van der Waals surface area contributed by atoms with Gasteiger partial charge in [-0.05, 0) is 59.5 Å². The molecule has 1 aliphatic carbocycles. The quantitative estimate of drug-likeness (QED) is 0.184. The summed E-state index contributed by atoms with van der Waals surface area (Å²) in [4.78, 5) is 5.33.